The standard InChI is InChI=1S/C38H21N3/c39-22-24-18-32-29-14-6-4-12-27(29)28-13-5-7-15-30(28)34-20-36-31-16-8-9-17-37(31)41(26-10-2-1-3-11-26)38(36)21-35(34)33(32)19-25(24)23-40/h1-21H. The molecule has 0 saturated carbocycles. The molecule has 3 heteroatoms. The van der Waals surface area contributed by atoms with E-state index in [0.717, 1.165) is 61.2 Å². The van der Waals surface area contributed by atoms with Crippen molar-refractivity contribution in [1.82, 2.24) is 4.57 Å². The van der Waals surface area contributed by atoms with Crippen LogP contribution in [0.3, 0.4) is 0 Å². The van der Waals surface area contributed by atoms with Gasteiger partial charge in [-0.2, -0.15) is 10.5 Å². The molecule has 0 bridgehead atoms. The number of aromatic nitrogens is 1. The predicted octanol–water partition coefficient (Wildman–Crippen LogP) is 9.51. The third-order valence-corrected chi connectivity index (χ3v) is 8.24. The normalized spacial score (nSPS) is 11.4. The van der Waals surface area contributed by atoms with Crippen LogP contribution in [0, 0.1) is 22.7 Å². The molecule has 188 valence electrons. The highest BCUT2D eigenvalue weighted by Gasteiger charge is 2.25. The number of para-hydroxylation sites is 2. The van der Waals surface area contributed by atoms with E-state index in [9.17, 15) is 10.5 Å². The van der Waals surface area contributed by atoms with E-state index in [1.807, 2.05) is 24.3 Å². The quantitative estimate of drug-likeness (QED) is 0.217. The lowest BCUT2D eigenvalue weighted by molar-refractivity contribution is 1.18. The van der Waals surface area contributed by atoms with Crippen LogP contribution in [-0.4, -0.2) is 4.57 Å². The molecule has 6 aromatic carbocycles. The Kier molecular flexibility index (Phi) is 4.95. The summed E-state index contributed by atoms with van der Waals surface area (Å²) in [7, 11) is 0. The Morgan fingerprint density at radius 2 is 0.854 bits per heavy atom. The van der Waals surface area contributed by atoms with Crippen molar-refractivity contribution in [3.63, 3.8) is 0 Å². The molecule has 0 fully saturated rings. The third kappa shape index (κ3) is 3.31. The van der Waals surface area contributed by atoms with Gasteiger partial charge in [-0.15, -0.1) is 0 Å². The van der Waals surface area contributed by atoms with E-state index in [1.165, 1.54) is 10.8 Å². The first-order valence-corrected chi connectivity index (χ1v) is 13.6. The highest BCUT2D eigenvalue weighted by atomic mass is 15.0. The van der Waals surface area contributed by atoms with Gasteiger partial charge in [0.15, 0.2) is 0 Å². The van der Waals surface area contributed by atoms with Crippen LogP contribution >= 0.6 is 0 Å². The minimum absolute atomic E-state index is 0.382. The Bertz CT molecular complexity index is 2270. The minimum atomic E-state index is 0.382. The fraction of sp³-hybridized carbons (Fsp3) is 0. The molecule has 0 atom stereocenters. The maximum Gasteiger partial charge on any atom is 0.101 e. The summed E-state index contributed by atoms with van der Waals surface area (Å²) in [4.78, 5) is 0. The highest BCUT2D eigenvalue weighted by molar-refractivity contribution is 6.14. The van der Waals surface area contributed by atoms with Gasteiger partial charge in [0.1, 0.15) is 12.1 Å². The van der Waals surface area contributed by atoms with Gasteiger partial charge in [0.25, 0.3) is 0 Å². The number of nitrogens with zero attached hydrogens (tertiary/aromatic N) is 3. The monoisotopic (exact) mass is 519 g/mol. The van der Waals surface area contributed by atoms with Crippen LogP contribution in [-0.2, 0) is 0 Å². The van der Waals surface area contributed by atoms with Crippen molar-refractivity contribution in [2.45, 2.75) is 0 Å². The smallest absolute Gasteiger partial charge is 0.101 e. The van der Waals surface area contributed by atoms with Crippen molar-refractivity contribution in [1.29, 1.82) is 10.5 Å². The van der Waals surface area contributed by atoms with E-state index in [-0.39, 0.29) is 0 Å². The summed E-state index contributed by atoms with van der Waals surface area (Å²) in [5.74, 6) is 0. The third-order valence-electron chi connectivity index (χ3n) is 8.24. The molecular formula is C38H21N3. The molecule has 1 aliphatic carbocycles. The van der Waals surface area contributed by atoms with Crippen LogP contribution in [0.5, 0.6) is 0 Å². The van der Waals surface area contributed by atoms with Crippen LogP contribution in [0.1, 0.15) is 11.1 Å². The molecule has 7 aromatic rings. The lowest BCUT2D eigenvalue weighted by Gasteiger charge is -2.24. The molecule has 0 spiro atoms. The van der Waals surface area contributed by atoms with E-state index < -0.39 is 0 Å². The first-order valence-electron chi connectivity index (χ1n) is 13.6. The van der Waals surface area contributed by atoms with Gasteiger partial charge < -0.3 is 4.57 Å². The molecule has 0 aliphatic heterocycles. The molecule has 3 nitrogen and oxygen atoms in total. The van der Waals surface area contributed by atoms with Crippen molar-refractivity contribution in [3.8, 4) is 62.3 Å². The first-order chi connectivity index (χ1) is 20.3. The Morgan fingerprint density at radius 3 is 1.46 bits per heavy atom. The van der Waals surface area contributed by atoms with Gasteiger partial charge >= 0.3 is 0 Å². The van der Waals surface area contributed by atoms with Gasteiger partial charge in [0, 0.05) is 16.5 Å². The zero-order valence-electron chi connectivity index (χ0n) is 22.0. The average Bonchev–Trinajstić information content (AvgIpc) is 3.36. The lowest BCUT2D eigenvalue weighted by Crippen LogP contribution is -2.00. The summed E-state index contributed by atoms with van der Waals surface area (Å²) in [6.45, 7) is 0. The zero-order chi connectivity index (χ0) is 27.5. The summed E-state index contributed by atoms with van der Waals surface area (Å²) in [6, 6.07) is 48.8. The molecule has 1 aromatic heterocycles. The zero-order valence-corrected chi connectivity index (χ0v) is 22.0. The second kappa shape index (κ2) is 8.82. The second-order valence-corrected chi connectivity index (χ2v) is 10.4. The molecular weight excluding hydrogens is 498 g/mol. The number of benzene rings is 6. The molecule has 0 unspecified atom stereocenters. The predicted molar refractivity (Wildman–Crippen MR) is 166 cm³/mol. The molecule has 0 N–H and O–H groups in total. The van der Waals surface area contributed by atoms with Crippen LogP contribution in [0.2, 0.25) is 0 Å². The van der Waals surface area contributed by atoms with Gasteiger partial charge in [0.2, 0.25) is 0 Å². The number of nitriles is 2. The molecule has 0 radical (unpaired) electrons. The highest BCUT2D eigenvalue weighted by Crippen LogP contribution is 2.50. The maximum atomic E-state index is 10.0. The SMILES string of the molecule is N#Cc1cc2c(cc1C#N)-c1cc3c(cc1-c1ccccc1-c1ccccc1-2)c1ccccc1n3-c1ccccc1. The molecule has 0 amide bonds. The van der Waals surface area contributed by atoms with Crippen LogP contribution in [0.4, 0.5) is 0 Å². The average molecular weight is 520 g/mol. The van der Waals surface area contributed by atoms with Gasteiger partial charge in [0.05, 0.1) is 22.2 Å². The Hall–Kier alpha value is -5.90. The van der Waals surface area contributed by atoms with Crippen molar-refractivity contribution in [2.24, 2.45) is 0 Å². The Morgan fingerprint density at radius 1 is 0.390 bits per heavy atom. The van der Waals surface area contributed by atoms with E-state index >= 15 is 0 Å². The second-order valence-electron chi connectivity index (χ2n) is 10.4. The molecule has 1 aliphatic rings. The van der Waals surface area contributed by atoms with Gasteiger partial charge in [-0.1, -0.05) is 84.9 Å². The van der Waals surface area contributed by atoms with E-state index in [0.29, 0.717) is 11.1 Å². The summed E-state index contributed by atoms with van der Waals surface area (Å²) in [5, 5.41) is 22.3. The Balaban J connectivity index is 1.60. The van der Waals surface area contributed by atoms with Crippen molar-refractivity contribution >= 4 is 21.8 Å². The molecule has 8 rings (SSSR count). The Labute approximate surface area is 237 Å². The van der Waals surface area contributed by atoms with Crippen LogP contribution in [0.15, 0.2) is 127 Å². The number of hydrogen-bond acceptors (Lipinski definition) is 2. The van der Waals surface area contributed by atoms with Crippen molar-refractivity contribution < 1.29 is 0 Å². The number of fused-ring (bicyclic) bond motifs is 11. The summed E-state index contributed by atoms with van der Waals surface area (Å²) in [6.07, 6.45) is 0. The largest absolute Gasteiger partial charge is 0.309 e. The first kappa shape index (κ1) is 23.0. The molecule has 0 saturated heterocycles. The number of rotatable bonds is 1. The van der Waals surface area contributed by atoms with E-state index in [2.05, 4.69) is 120 Å². The fourth-order valence-electron chi connectivity index (χ4n) is 6.45. The summed E-state index contributed by atoms with van der Waals surface area (Å²) in [5.41, 5.74) is 12.6. The van der Waals surface area contributed by atoms with Crippen molar-refractivity contribution in [3.05, 3.63) is 139 Å². The fourth-order valence-corrected chi connectivity index (χ4v) is 6.45. The lowest BCUT2D eigenvalue weighted by atomic mass is 9.79. The van der Waals surface area contributed by atoms with Crippen molar-refractivity contribution in [2.75, 3.05) is 0 Å². The van der Waals surface area contributed by atoms with Crippen LogP contribution < -0.4 is 0 Å². The topological polar surface area (TPSA) is 52.5 Å². The molecule has 1 heterocycles. The van der Waals surface area contributed by atoms with E-state index in [1.54, 1.807) is 0 Å². The van der Waals surface area contributed by atoms with Gasteiger partial charge in [-0.25, -0.2) is 0 Å². The van der Waals surface area contributed by atoms with Gasteiger partial charge in [-0.3, -0.25) is 0 Å². The summed E-state index contributed by atoms with van der Waals surface area (Å²) < 4.78 is 2.32. The minimum Gasteiger partial charge on any atom is -0.309 e. The number of hydrogen-bond donors (Lipinski definition) is 0. The van der Waals surface area contributed by atoms with Gasteiger partial charge in [-0.05, 0) is 87.0 Å². The van der Waals surface area contributed by atoms with Crippen LogP contribution in [0.25, 0.3) is 72.0 Å². The summed E-state index contributed by atoms with van der Waals surface area (Å²) >= 11 is 0. The van der Waals surface area contributed by atoms with E-state index in [4.69, 9.17) is 0 Å². The maximum absolute atomic E-state index is 10.0. The molecule has 41 heavy (non-hydrogen) atoms.